The fourth-order valence-electron chi connectivity index (χ4n) is 4.28. The molecule has 3 heteroatoms. The van der Waals surface area contributed by atoms with E-state index in [9.17, 15) is 4.79 Å². The topological polar surface area (TPSA) is 32.3 Å². The monoisotopic (exact) mass is 286 g/mol. The third kappa shape index (κ3) is 3.46. The third-order valence-electron chi connectivity index (χ3n) is 5.15. The van der Waals surface area contributed by atoms with Gasteiger partial charge in [-0.3, -0.25) is 9.69 Å². The lowest BCUT2D eigenvalue weighted by molar-refractivity contribution is -0.119. The summed E-state index contributed by atoms with van der Waals surface area (Å²) in [5, 5.41) is 3.02. The zero-order chi connectivity index (χ0) is 14.7. The minimum atomic E-state index is 0.125. The zero-order valence-electron chi connectivity index (χ0n) is 12.9. The van der Waals surface area contributed by atoms with E-state index in [1.54, 1.807) is 0 Å². The maximum Gasteiger partial charge on any atom is 0.238 e. The van der Waals surface area contributed by atoms with E-state index < -0.39 is 0 Å². The molecular formula is C18H26N2O. The quantitative estimate of drug-likeness (QED) is 0.922. The van der Waals surface area contributed by atoms with Crippen LogP contribution in [0.1, 0.15) is 39.0 Å². The number of nitrogens with one attached hydrogen (secondary N) is 1. The van der Waals surface area contributed by atoms with E-state index in [4.69, 9.17) is 0 Å². The highest BCUT2D eigenvalue weighted by atomic mass is 16.2. The minimum absolute atomic E-state index is 0.125. The second kappa shape index (κ2) is 6.61. The predicted molar refractivity (Wildman–Crippen MR) is 86.2 cm³/mol. The number of fused-ring (bicyclic) bond motifs is 1. The largest absolute Gasteiger partial charge is 0.325 e. The van der Waals surface area contributed by atoms with Crippen LogP contribution in [-0.4, -0.2) is 29.9 Å². The van der Waals surface area contributed by atoms with Gasteiger partial charge in [0.05, 0.1) is 6.54 Å². The van der Waals surface area contributed by atoms with Crippen molar-refractivity contribution in [3.8, 4) is 0 Å². The first-order valence-corrected chi connectivity index (χ1v) is 8.33. The number of carbonyl (C=O) groups is 1. The van der Waals surface area contributed by atoms with Crippen molar-refractivity contribution >= 4 is 11.6 Å². The first-order chi connectivity index (χ1) is 10.2. The lowest BCUT2D eigenvalue weighted by atomic mass is 9.73. The molecule has 1 aliphatic carbocycles. The van der Waals surface area contributed by atoms with Gasteiger partial charge in [-0.25, -0.2) is 0 Å². The Morgan fingerprint density at radius 3 is 2.76 bits per heavy atom. The van der Waals surface area contributed by atoms with Gasteiger partial charge in [-0.05, 0) is 56.2 Å². The number of nitrogens with zero attached hydrogens (tertiary/aromatic N) is 1. The Morgan fingerprint density at radius 2 is 1.95 bits per heavy atom. The van der Waals surface area contributed by atoms with Gasteiger partial charge in [0, 0.05) is 11.7 Å². The number of carbonyl (C=O) groups excluding carboxylic acids is 1. The molecule has 1 heterocycles. The van der Waals surface area contributed by atoms with E-state index in [0.717, 1.165) is 24.1 Å². The Kier molecular flexibility index (Phi) is 4.59. The van der Waals surface area contributed by atoms with Gasteiger partial charge in [0.25, 0.3) is 0 Å². The number of likely N-dealkylation sites (tertiary alicyclic amines) is 1. The van der Waals surface area contributed by atoms with Gasteiger partial charge in [-0.2, -0.15) is 0 Å². The standard InChI is InChI=1S/C18H26N2O/c1-14-7-5-8-15-9-6-12-20(18(14)15)13-17(21)19-16-10-3-2-4-11-16/h2-4,10-11,14-15,18H,5-9,12-13H2,1H3,(H,19,21). The Hall–Kier alpha value is -1.35. The molecule has 0 spiro atoms. The number of rotatable bonds is 3. The van der Waals surface area contributed by atoms with E-state index in [2.05, 4.69) is 17.1 Å². The molecule has 3 rings (SSSR count). The van der Waals surface area contributed by atoms with Crippen molar-refractivity contribution in [2.45, 2.75) is 45.1 Å². The molecule has 3 unspecified atom stereocenters. The van der Waals surface area contributed by atoms with Crippen molar-refractivity contribution in [3.63, 3.8) is 0 Å². The maximum atomic E-state index is 12.3. The van der Waals surface area contributed by atoms with Gasteiger partial charge in [0.2, 0.25) is 5.91 Å². The van der Waals surface area contributed by atoms with Crippen molar-refractivity contribution in [3.05, 3.63) is 30.3 Å². The van der Waals surface area contributed by atoms with Gasteiger partial charge in [-0.15, -0.1) is 0 Å². The molecule has 21 heavy (non-hydrogen) atoms. The summed E-state index contributed by atoms with van der Waals surface area (Å²) in [6, 6.07) is 10.4. The lowest BCUT2D eigenvalue weighted by Crippen LogP contribution is -2.52. The third-order valence-corrected chi connectivity index (χ3v) is 5.15. The van der Waals surface area contributed by atoms with Gasteiger partial charge >= 0.3 is 0 Å². The van der Waals surface area contributed by atoms with Crippen LogP contribution in [0.5, 0.6) is 0 Å². The number of hydrogen-bond donors (Lipinski definition) is 1. The molecular weight excluding hydrogens is 260 g/mol. The molecule has 2 aliphatic rings. The normalized spacial score (nSPS) is 29.7. The van der Waals surface area contributed by atoms with Crippen LogP contribution in [0, 0.1) is 11.8 Å². The Morgan fingerprint density at radius 1 is 1.19 bits per heavy atom. The summed E-state index contributed by atoms with van der Waals surface area (Å²) < 4.78 is 0. The van der Waals surface area contributed by atoms with E-state index in [0.29, 0.717) is 12.6 Å². The second-order valence-corrected chi connectivity index (χ2v) is 6.69. The smallest absolute Gasteiger partial charge is 0.238 e. The fourth-order valence-corrected chi connectivity index (χ4v) is 4.28. The van der Waals surface area contributed by atoms with Crippen LogP contribution in [0.25, 0.3) is 0 Å². The molecule has 1 aromatic rings. The number of hydrogen-bond acceptors (Lipinski definition) is 2. The molecule has 2 fully saturated rings. The van der Waals surface area contributed by atoms with E-state index in [-0.39, 0.29) is 5.91 Å². The van der Waals surface area contributed by atoms with Crippen LogP contribution in [0.2, 0.25) is 0 Å². The molecule has 1 aliphatic heterocycles. The van der Waals surface area contributed by atoms with Gasteiger partial charge in [0.15, 0.2) is 0 Å². The number of anilines is 1. The van der Waals surface area contributed by atoms with Crippen LogP contribution in [0.3, 0.4) is 0 Å². The number of benzene rings is 1. The Labute approximate surface area is 127 Å². The molecule has 0 bridgehead atoms. The van der Waals surface area contributed by atoms with Crippen molar-refractivity contribution in [1.82, 2.24) is 4.90 Å². The molecule has 1 aromatic carbocycles. The number of amides is 1. The fraction of sp³-hybridized carbons (Fsp3) is 0.611. The first kappa shape index (κ1) is 14.6. The Balaban J connectivity index is 1.61. The molecule has 0 aromatic heterocycles. The van der Waals surface area contributed by atoms with Crippen LogP contribution in [-0.2, 0) is 4.79 Å². The van der Waals surface area contributed by atoms with E-state index >= 15 is 0 Å². The molecule has 1 N–H and O–H groups in total. The summed E-state index contributed by atoms with van der Waals surface area (Å²) in [6.07, 6.45) is 6.63. The Bertz CT molecular complexity index is 471. The number of piperidine rings is 1. The average Bonchev–Trinajstić information content (AvgIpc) is 2.48. The molecule has 1 saturated heterocycles. The predicted octanol–water partition coefficient (Wildman–Crippen LogP) is 3.53. The number of para-hydroxylation sites is 1. The molecule has 0 radical (unpaired) electrons. The average molecular weight is 286 g/mol. The van der Waals surface area contributed by atoms with Crippen molar-refractivity contribution in [2.24, 2.45) is 11.8 Å². The molecule has 3 nitrogen and oxygen atoms in total. The first-order valence-electron chi connectivity index (χ1n) is 8.33. The molecule has 114 valence electrons. The van der Waals surface area contributed by atoms with Crippen molar-refractivity contribution in [2.75, 3.05) is 18.4 Å². The minimum Gasteiger partial charge on any atom is -0.325 e. The molecule has 1 amide bonds. The maximum absolute atomic E-state index is 12.3. The van der Waals surface area contributed by atoms with Crippen LogP contribution in [0.4, 0.5) is 5.69 Å². The van der Waals surface area contributed by atoms with Gasteiger partial charge in [0.1, 0.15) is 0 Å². The van der Waals surface area contributed by atoms with Gasteiger partial charge in [-0.1, -0.05) is 31.5 Å². The van der Waals surface area contributed by atoms with E-state index in [1.807, 2.05) is 30.3 Å². The SMILES string of the molecule is CC1CCCC2CCCN(CC(=O)Nc3ccccc3)C12. The summed E-state index contributed by atoms with van der Waals surface area (Å²) in [5.74, 6) is 1.67. The highest BCUT2D eigenvalue weighted by molar-refractivity contribution is 5.92. The summed E-state index contributed by atoms with van der Waals surface area (Å²) in [4.78, 5) is 14.7. The summed E-state index contributed by atoms with van der Waals surface area (Å²) >= 11 is 0. The molecule has 1 saturated carbocycles. The van der Waals surface area contributed by atoms with Crippen LogP contribution < -0.4 is 5.32 Å². The van der Waals surface area contributed by atoms with Crippen LogP contribution >= 0.6 is 0 Å². The summed E-state index contributed by atoms with van der Waals surface area (Å²) in [7, 11) is 0. The summed E-state index contributed by atoms with van der Waals surface area (Å²) in [6.45, 7) is 3.98. The second-order valence-electron chi connectivity index (χ2n) is 6.69. The van der Waals surface area contributed by atoms with Crippen molar-refractivity contribution < 1.29 is 4.79 Å². The van der Waals surface area contributed by atoms with E-state index in [1.165, 1.54) is 32.1 Å². The van der Waals surface area contributed by atoms with Crippen LogP contribution in [0.15, 0.2) is 30.3 Å². The summed E-state index contributed by atoms with van der Waals surface area (Å²) in [5.41, 5.74) is 0.896. The highest BCUT2D eigenvalue weighted by Crippen LogP contribution is 2.38. The zero-order valence-corrected chi connectivity index (χ0v) is 12.9. The van der Waals surface area contributed by atoms with Crippen molar-refractivity contribution in [1.29, 1.82) is 0 Å². The highest BCUT2D eigenvalue weighted by Gasteiger charge is 2.37. The van der Waals surface area contributed by atoms with Gasteiger partial charge < -0.3 is 5.32 Å². The lowest BCUT2D eigenvalue weighted by Gasteiger charge is -2.47. The molecule has 3 atom stereocenters.